The Labute approximate surface area is 264 Å². The molecular formula is C41H25NS2. The number of hydrogen-bond acceptors (Lipinski definition) is 3. The lowest BCUT2D eigenvalue weighted by Gasteiger charge is -2.21. The number of fused-ring (bicyclic) bond motifs is 8. The fourth-order valence-corrected chi connectivity index (χ4v) is 8.91. The molecule has 0 unspecified atom stereocenters. The molecule has 7 aromatic carbocycles. The van der Waals surface area contributed by atoms with Crippen molar-refractivity contribution in [1.29, 1.82) is 0 Å². The Morgan fingerprint density at radius 1 is 0.364 bits per heavy atom. The molecule has 1 aliphatic rings. The fourth-order valence-electron chi connectivity index (χ4n) is 6.51. The Kier molecular flexibility index (Phi) is 6.07. The fraction of sp³-hybridized carbons (Fsp3) is 0. The van der Waals surface area contributed by atoms with Crippen LogP contribution in [0.4, 0.5) is 0 Å². The average Bonchev–Trinajstić information content (AvgIpc) is 3.10. The molecule has 3 heteroatoms. The van der Waals surface area contributed by atoms with Crippen molar-refractivity contribution in [2.45, 2.75) is 19.6 Å². The lowest BCUT2D eigenvalue weighted by atomic mass is 9.90. The Hall–Kier alpha value is -4.83. The van der Waals surface area contributed by atoms with Crippen molar-refractivity contribution in [1.82, 2.24) is 4.98 Å². The second-order valence-electron chi connectivity index (χ2n) is 11.2. The summed E-state index contributed by atoms with van der Waals surface area (Å²) in [6.45, 7) is 0. The number of hydrogen-bond donors (Lipinski definition) is 0. The highest BCUT2D eigenvalue weighted by molar-refractivity contribution is 8.05. The third-order valence-corrected chi connectivity index (χ3v) is 11.2. The number of pyridine rings is 1. The zero-order valence-electron chi connectivity index (χ0n) is 23.7. The molecule has 0 aliphatic carbocycles. The topological polar surface area (TPSA) is 12.9 Å². The van der Waals surface area contributed by atoms with Crippen molar-refractivity contribution in [2.24, 2.45) is 0 Å². The first kappa shape index (κ1) is 25.6. The summed E-state index contributed by atoms with van der Waals surface area (Å²) in [5, 5.41) is 7.75. The number of rotatable bonds is 3. The van der Waals surface area contributed by atoms with Crippen molar-refractivity contribution >= 4 is 55.8 Å². The van der Waals surface area contributed by atoms with Crippen LogP contribution in [-0.2, 0) is 0 Å². The van der Waals surface area contributed by atoms with Gasteiger partial charge in [0.25, 0.3) is 0 Å². The normalized spacial score (nSPS) is 12.4. The molecule has 0 atom stereocenters. The first-order valence-corrected chi connectivity index (χ1v) is 16.4. The van der Waals surface area contributed by atoms with Gasteiger partial charge in [0.1, 0.15) is 0 Å². The minimum atomic E-state index is 1.12. The van der Waals surface area contributed by atoms with E-state index in [9.17, 15) is 0 Å². The van der Waals surface area contributed by atoms with E-state index in [1.165, 1.54) is 79.7 Å². The molecule has 0 spiro atoms. The largest absolute Gasteiger partial charge is 0.264 e. The summed E-state index contributed by atoms with van der Waals surface area (Å²) in [6.07, 6.45) is 3.80. The molecule has 0 radical (unpaired) electrons. The summed E-state index contributed by atoms with van der Waals surface area (Å²) in [6, 6.07) is 51.1. The van der Waals surface area contributed by atoms with Crippen LogP contribution < -0.4 is 0 Å². The van der Waals surface area contributed by atoms with Crippen LogP contribution in [0.1, 0.15) is 0 Å². The molecule has 44 heavy (non-hydrogen) atoms. The molecule has 0 bridgehead atoms. The predicted octanol–water partition coefficient (Wildman–Crippen LogP) is 12.2. The monoisotopic (exact) mass is 595 g/mol. The van der Waals surface area contributed by atoms with Crippen LogP contribution >= 0.6 is 23.5 Å². The van der Waals surface area contributed by atoms with Gasteiger partial charge in [-0.1, -0.05) is 115 Å². The molecule has 206 valence electrons. The van der Waals surface area contributed by atoms with Crippen LogP contribution in [0, 0.1) is 0 Å². The summed E-state index contributed by atoms with van der Waals surface area (Å²) < 4.78 is 0. The van der Waals surface area contributed by atoms with E-state index in [1.54, 1.807) is 0 Å². The van der Waals surface area contributed by atoms with Gasteiger partial charge in [0.2, 0.25) is 0 Å². The molecule has 0 saturated carbocycles. The van der Waals surface area contributed by atoms with Gasteiger partial charge in [-0.15, -0.1) is 0 Å². The Morgan fingerprint density at radius 2 is 0.955 bits per heavy atom. The maximum Gasteiger partial charge on any atom is 0.0346 e. The molecule has 9 rings (SSSR count). The molecule has 1 nitrogen and oxygen atoms in total. The number of nitrogens with zero attached hydrogens (tertiary/aromatic N) is 1. The second kappa shape index (κ2) is 10.4. The standard InChI is InChI=1S/C41H25NS2/c1-2-12-34-32(10-1)33-11-3-4-13-35(33)37-24-26(18-19-36(34)37)28-21-29(27-9-8-20-42-25-27)23-30(22-28)31-14-7-17-40-41(31)44-39-16-6-5-15-38(39)43-40/h1-25H. The quantitative estimate of drug-likeness (QED) is 0.189. The van der Waals surface area contributed by atoms with Crippen LogP contribution in [0.15, 0.2) is 172 Å². The van der Waals surface area contributed by atoms with E-state index in [2.05, 4.69) is 138 Å². The van der Waals surface area contributed by atoms with Crippen LogP contribution in [-0.4, -0.2) is 4.98 Å². The summed E-state index contributed by atoms with van der Waals surface area (Å²) in [5.41, 5.74) is 7.17. The highest BCUT2D eigenvalue weighted by atomic mass is 32.2. The summed E-state index contributed by atoms with van der Waals surface area (Å²) in [7, 11) is 0. The van der Waals surface area contributed by atoms with Crippen molar-refractivity contribution in [3.8, 4) is 33.4 Å². The Morgan fingerprint density at radius 3 is 1.66 bits per heavy atom. The maximum atomic E-state index is 4.46. The maximum absolute atomic E-state index is 4.46. The zero-order chi connectivity index (χ0) is 29.0. The van der Waals surface area contributed by atoms with Gasteiger partial charge in [-0.25, -0.2) is 0 Å². The Bertz CT molecular complexity index is 2360. The first-order chi connectivity index (χ1) is 21.8. The van der Waals surface area contributed by atoms with Gasteiger partial charge >= 0.3 is 0 Å². The minimum absolute atomic E-state index is 1.12. The van der Waals surface area contributed by atoms with Crippen LogP contribution in [0.3, 0.4) is 0 Å². The van der Waals surface area contributed by atoms with E-state index in [-0.39, 0.29) is 0 Å². The highest BCUT2D eigenvalue weighted by Crippen LogP contribution is 2.52. The summed E-state index contributed by atoms with van der Waals surface area (Å²) >= 11 is 3.74. The third-order valence-electron chi connectivity index (χ3n) is 8.58. The van der Waals surface area contributed by atoms with Gasteiger partial charge in [0.05, 0.1) is 0 Å². The van der Waals surface area contributed by atoms with E-state index >= 15 is 0 Å². The van der Waals surface area contributed by atoms with Gasteiger partial charge in [-0.05, 0) is 109 Å². The van der Waals surface area contributed by atoms with E-state index in [4.69, 9.17) is 0 Å². The van der Waals surface area contributed by atoms with Crippen LogP contribution in [0.25, 0.3) is 65.7 Å². The van der Waals surface area contributed by atoms with Crippen LogP contribution in [0.5, 0.6) is 0 Å². The van der Waals surface area contributed by atoms with Gasteiger partial charge in [0.15, 0.2) is 0 Å². The average molecular weight is 596 g/mol. The first-order valence-electron chi connectivity index (χ1n) is 14.8. The molecule has 1 aliphatic heterocycles. The number of aromatic nitrogens is 1. The molecular weight excluding hydrogens is 571 g/mol. The lowest BCUT2D eigenvalue weighted by Crippen LogP contribution is -1.93. The molecule has 8 aromatic rings. The van der Waals surface area contributed by atoms with Crippen molar-refractivity contribution in [3.05, 3.63) is 152 Å². The van der Waals surface area contributed by atoms with Gasteiger partial charge < -0.3 is 0 Å². The van der Waals surface area contributed by atoms with Crippen molar-refractivity contribution in [3.63, 3.8) is 0 Å². The molecule has 0 fully saturated rings. The zero-order valence-corrected chi connectivity index (χ0v) is 25.3. The minimum Gasteiger partial charge on any atom is -0.264 e. The van der Waals surface area contributed by atoms with Crippen molar-refractivity contribution in [2.75, 3.05) is 0 Å². The predicted molar refractivity (Wildman–Crippen MR) is 188 cm³/mol. The lowest BCUT2D eigenvalue weighted by molar-refractivity contribution is 1.16. The van der Waals surface area contributed by atoms with Crippen molar-refractivity contribution < 1.29 is 0 Å². The molecule has 1 aromatic heterocycles. The van der Waals surface area contributed by atoms with E-state index in [0.717, 1.165) is 5.56 Å². The van der Waals surface area contributed by atoms with E-state index in [0.29, 0.717) is 0 Å². The second-order valence-corrected chi connectivity index (χ2v) is 13.3. The van der Waals surface area contributed by atoms with Gasteiger partial charge in [-0.2, -0.15) is 0 Å². The van der Waals surface area contributed by atoms with E-state index in [1.807, 2.05) is 42.0 Å². The molecule has 0 saturated heterocycles. The summed E-state index contributed by atoms with van der Waals surface area (Å²) in [4.78, 5) is 9.72. The molecule has 2 heterocycles. The Balaban J connectivity index is 1.27. The van der Waals surface area contributed by atoms with Gasteiger partial charge in [-0.3, -0.25) is 4.98 Å². The van der Waals surface area contributed by atoms with Crippen LogP contribution in [0.2, 0.25) is 0 Å². The summed E-state index contributed by atoms with van der Waals surface area (Å²) in [5.74, 6) is 0. The van der Waals surface area contributed by atoms with E-state index < -0.39 is 0 Å². The SMILES string of the molecule is c1cncc(-c2cc(-c3ccc4c5ccccc5c5ccccc5c4c3)cc(-c3cccc4c3Sc3ccccc3S4)c2)c1. The number of benzene rings is 7. The van der Waals surface area contributed by atoms with Gasteiger partial charge in [0, 0.05) is 37.5 Å². The smallest absolute Gasteiger partial charge is 0.0346 e. The molecule has 0 N–H and O–H groups in total. The highest BCUT2D eigenvalue weighted by Gasteiger charge is 2.21. The third kappa shape index (κ3) is 4.23. The molecule has 0 amide bonds.